The van der Waals surface area contributed by atoms with Crippen molar-refractivity contribution in [1.29, 1.82) is 0 Å². The second-order valence-electron chi connectivity index (χ2n) is 4.91. The summed E-state index contributed by atoms with van der Waals surface area (Å²) < 4.78 is 5.41. The summed E-state index contributed by atoms with van der Waals surface area (Å²) in [6.07, 6.45) is 1.80. The average Bonchev–Trinajstić information content (AvgIpc) is 2.94. The normalized spacial score (nSPS) is 20.6. The first-order valence-electron chi connectivity index (χ1n) is 6.93. The highest BCUT2D eigenvalue weighted by atomic mass is 32.2. The minimum atomic E-state index is -0.508. The third-order valence-electron chi connectivity index (χ3n) is 3.15. The van der Waals surface area contributed by atoms with Gasteiger partial charge in [-0.15, -0.1) is 16.8 Å². The van der Waals surface area contributed by atoms with E-state index in [1.165, 1.54) is 0 Å². The highest BCUT2D eigenvalue weighted by molar-refractivity contribution is 7.99. The number of rotatable bonds is 7. The van der Waals surface area contributed by atoms with Gasteiger partial charge in [0.2, 0.25) is 17.7 Å². The van der Waals surface area contributed by atoms with Crippen LogP contribution in [0.2, 0.25) is 0 Å². The Morgan fingerprint density at radius 2 is 2.26 bits per heavy atom. The van der Waals surface area contributed by atoms with Gasteiger partial charge in [-0.3, -0.25) is 14.9 Å². The predicted molar refractivity (Wildman–Crippen MR) is 81.6 cm³/mol. The van der Waals surface area contributed by atoms with E-state index in [4.69, 9.17) is 4.42 Å². The fourth-order valence-electron chi connectivity index (χ4n) is 1.98. The van der Waals surface area contributed by atoms with Crippen LogP contribution < -0.4 is 16.0 Å². The molecule has 1 aromatic rings. The molecule has 2 heterocycles. The molecule has 0 bridgehead atoms. The van der Waals surface area contributed by atoms with Crippen molar-refractivity contribution < 1.29 is 18.8 Å². The highest BCUT2D eigenvalue weighted by Gasteiger charge is 2.34. The van der Waals surface area contributed by atoms with Crippen molar-refractivity contribution >= 4 is 29.6 Å². The number of hydrogen-bond acceptors (Lipinski definition) is 7. The number of hydrogen-bond donors (Lipinski definition) is 3. The van der Waals surface area contributed by atoms with Crippen LogP contribution in [0.3, 0.4) is 0 Å². The van der Waals surface area contributed by atoms with Crippen LogP contribution in [0.15, 0.2) is 22.3 Å². The first-order valence-corrected chi connectivity index (χ1v) is 7.92. The van der Waals surface area contributed by atoms with E-state index in [0.29, 0.717) is 6.54 Å². The number of carbonyl (C=O) groups excluding carboxylic acids is 3. The van der Waals surface area contributed by atoms with E-state index in [0.717, 1.165) is 11.8 Å². The molecule has 23 heavy (non-hydrogen) atoms. The van der Waals surface area contributed by atoms with Gasteiger partial charge in [-0.1, -0.05) is 17.8 Å². The molecular formula is C13H17N5O4S. The highest BCUT2D eigenvalue weighted by Crippen LogP contribution is 2.19. The van der Waals surface area contributed by atoms with Crippen LogP contribution in [0.1, 0.15) is 12.8 Å². The van der Waals surface area contributed by atoms with Gasteiger partial charge in [-0.05, 0) is 6.92 Å². The van der Waals surface area contributed by atoms with E-state index >= 15 is 0 Å². The molecule has 1 saturated heterocycles. The maximum absolute atomic E-state index is 11.8. The number of aromatic nitrogens is 2. The molecule has 2 rings (SSSR count). The van der Waals surface area contributed by atoms with Crippen molar-refractivity contribution in [3.8, 4) is 0 Å². The lowest BCUT2D eigenvalue weighted by atomic mass is 9.95. The van der Waals surface area contributed by atoms with Crippen LogP contribution >= 0.6 is 11.8 Å². The zero-order chi connectivity index (χ0) is 16.8. The minimum absolute atomic E-state index is 0.145. The summed E-state index contributed by atoms with van der Waals surface area (Å²) in [5.74, 6) is -0.606. The zero-order valence-electron chi connectivity index (χ0n) is 12.5. The van der Waals surface area contributed by atoms with Gasteiger partial charge in [-0.2, -0.15) is 0 Å². The lowest BCUT2D eigenvalue weighted by molar-refractivity contribution is -0.125. The van der Waals surface area contributed by atoms with E-state index in [-0.39, 0.29) is 41.1 Å². The number of nitrogens with zero attached hydrogens (tertiary/aromatic N) is 2. The summed E-state index contributed by atoms with van der Waals surface area (Å²) >= 11 is 1.11. The van der Waals surface area contributed by atoms with Gasteiger partial charge in [0, 0.05) is 19.0 Å². The Kier molecular flexibility index (Phi) is 5.74. The second kappa shape index (κ2) is 7.77. The van der Waals surface area contributed by atoms with Gasteiger partial charge in [0.1, 0.15) is 0 Å². The maximum Gasteiger partial charge on any atom is 0.321 e. The molecule has 1 fully saturated rings. The molecule has 0 aliphatic carbocycles. The van der Waals surface area contributed by atoms with Gasteiger partial charge in [-0.25, -0.2) is 4.79 Å². The standard InChI is InChI=1S/C13H17N5O4S/c1-3-4-14-9(19)6-23-13-18-17-10(22-13)5-8-7(2)15-12(21)16-11(8)20/h3,7-8H,1,4-6H2,2H3,(H,14,19)(H2,15,16,20,21). The van der Waals surface area contributed by atoms with Crippen molar-refractivity contribution in [1.82, 2.24) is 26.1 Å². The molecule has 4 amide bonds. The van der Waals surface area contributed by atoms with E-state index in [1.54, 1.807) is 13.0 Å². The van der Waals surface area contributed by atoms with Crippen LogP contribution in [0, 0.1) is 5.92 Å². The zero-order valence-corrected chi connectivity index (χ0v) is 13.3. The summed E-state index contributed by atoms with van der Waals surface area (Å²) in [4.78, 5) is 34.4. The Morgan fingerprint density at radius 3 is 2.96 bits per heavy atom. The molecule has 1 aliphatic heterocycles. The van der Waals surface area contributed by atoms with E-state index in [2.05, 4.69) is 32.7 Å². The van der Waals surface area contributed by atoms with E-state index in [9.17, 15) is 14.4 Å². The Morgan fingerprint density at radius 1 is 1.48 bits per heavy atom. The van der Waals surface area contributed by atoms with Crippen LogP contribution in [-0.2, 0) is 16.0 Å². The van der Waals surface area contributed by atoms with Crippen molar-refractivity contribution in [2.45, 2.75) is 24.6 Å². The van der Waals surface area contributed by atoms with Crippen LogP contribution in [0.5, 0.6) is 0 Å². The summed E-state index contributed by atoms with van der Waals surface area (Å²) in [7, 11) is 0. The average molecular weight is 339 g/mol. The summed E-state index contributed by atoms with van der Waals surface area (Å²) in [5.41, 5.74) is 0. The van der Waals surface area contributed by atoms with Crippen molar-refractivity contribution in [3.63, 3.8) is 0 Å². The molecule has 2 unspecified atom stereocenters. The molecule has 124 valence electrons. The first kappa shape index (κ1) is 17.0. The molecule has 1 aliphatic rings. The number of thioether (sulfide) groups is 1. The topological polar surface area (TPSA) is 126 Å². The first-order chi connectivity index (χ1) is 11.0. The van der Waals surface area contributed by atoms with E-state index < -0.39 is 11.9 Å². The molecular weight excluding hydrogens is 322 g/mol. The summed E-state index contributed by atoms with van der Waals surface area (Å²) in [6.45, 7) is 5.64. The van der Waals surface area contributed by atoms with Gasteiger partial charge in [0.15, 0.2) is 0 Å². The van der Waals surface area contributed by atoms with Gasteiger partial charge < -0.3 is 15.1 Å². The smallest absolute Gasteiger partial charge is 0.321 e. The van der Waals surface area contributed by atoms with E-state index in [1.807, 2.05) is 0 Å². The quantitative estimate of drug-likeness (QED) is 0.466. The molecule has 0 aromatic carbocycles. The fraction of sp³-hybridized carbons (Fsp3) is 0.462. The summed E-state index contributed by atoms with van der Waals surface area (Å²) in [6, 6.07) is -0.838. The molecule has 2 atom stereocenters. The Labute approximate surface area is 136 Å². The SMILES string of the molecule is C=CCNC(=O)CSc1nnc(CC2C(=O)NC(=O)NC2C)o1. The number of carbonyl (C=O) groups is 3. The Hall–Kier alpha value is -2.36. The lowest BCUT2D eigenvalue weighted by Crippen LogP contribution is -2.57. The van der Waals surface area contributed by atoms with Crippen molar-refractivity contribution in [3.05, 3.63) is 18.5 Å². The van der Waals surface area contributed by atoms with Gasteiger partial charge in [0.25, 0.3) is 5.22 Å². The van der Waals surface area contributed by atoms with Crippen molar-refractivity contribution in [2.24, 2.45) is 5.92 Å². The fourth-order valence-corrected chi connectivity index (χ4v) is 2.59. The van der Waals surface area contributed by atoms with Gasteiger partial charge in [0.05, 0.1) is 11.7 Å². The molecule has 0 spiro atoms. The molecule has 0 saturated carbocycles. The molecule has 10 heteroatoms. The second-order valence-corrected chi connectivity index (χ2v) is 5.83. The predicted octanol–water partition coefficient (Wildman–Crippen LogP) is -0.149. The van der Waals surface area contributed by atoms with Crippen LogP contribution in [0.25, 0.3) is 0 Å². The number of amides is 4. The lowest BCUT2D eigenvalue weighted by Gasteiger charge is -2.27. The van der Waals surface area contributed by atoms with Crippen LogP contribution in [-0.4, -0.2) is 46.4 Å². The van der Waals surface area contributed by atoms with Crippen molar-refractivity contribution in [2.75, 3.05) is 12.3 Å². The molecule has 9 nitrogen and oxygen atoms in total. The number of imide groups is 1. The Bertz CT molecular complexity index is 617. The summed E-state index contributed by atoms with van der Waals surface area (Å²) in [5, 5.41) is 15.4. The Balaban J connectivity index is 1.87. The number of nitrogens with one attached hydrogen (secondary N) is 3. The minimum Gasteiger partial charge on any atom is -0.416 e. The molecule has 3 N–H and O–H groups in total. The van der Waals surface area contributed by atoms with Crippen LogP contribution in [0.4, 0.5) is 4.79 Å². The number of urea groups is 1. The largest absolute Gasteiger partial charge is 0.416 e. The third kappa shape index (κ3) is 4.81. The third-order valence-corrected chi connectivity index (χ3v) is 3.97. The van der Waals surface area contributed by atoms with Gasteiger partial charge >= 0.3 is 6.03 Å². The molecule has 0 radical (unpaired) electrons. The maximum atomic E-state index is 11.8. The monoisotopic (exact) mass is 339 g/mol. The molecule has 1 aromatic heterocycles.